The molecule has 4 nitrogen and oxygen atoms in total. The van der Waals surface area contributed by atoms with E-state index in [0.717, 1.165) is 36.1 Å². The van der Waals surface area contributed by atoms with Crippen LogP contribution in [0.1, 0.15) is 37.8 Å². The summed E-state index contributed by atoms with van der Waals surface area (Å²) in [5.74, 6) is 1.66. The number of fused-ring (bicyclic) bond motifs is 1. The van der Waals surface area contributed by atoms with Gasteiger partial charge < -0.3 is 15.2 Å². The van der Waals surface area contributed by atoms with Gasteiger partial charge in [0.15, 0.2) is 6.79 Å². The quantitative estimate of drug-likeness (QED) is 0.840. The molecule has 1 aromatic rings. The SMILES string of the molecule is CC(C)CN(Cc1cc(N)cc2c1OCOC2)C1CC1. The normalized spacial score (nSPS) is 18.2. The Morgan fingerprint density at radius 2 is 2.15 bits per heavy atom. The molecule has 1 aromatic carbocycles. The third-order valence-electron chi connectivity index (χ3n) is 3.85. The second kappa shape index (κ2) is 5.62. The first-order valence-corrected chi connectivity index (χ1v) is 7.49. The topological polar surface area (TPSA) is 47.7 Å². The monoisotopic (exact) mass is 276 g/mol. The van der Waals surface area contributed by atoms with Gasteiger partial charge in [-0.15, -0.1) is 0 Å². The van der Waals surface area contributed by atoms with Gasteiger partial charge in [-0.1, -0.05) is 13.8 Å². The molecular weight excluding hydrogens is 252 g/mol. The molecule has 0 unspecified atom stereocenters. The molecule has 0 aromatic heterocycles. The summed E-state index contributed by atoms with van der Waals surface area (Å²) in [6, 6.07) is 4.76. The van der Waals surface area contributed by atoms with Gasteiger partial charge >= 0.3 is 0 Å². The summed E-state index contributed by atoms with van der Waals surface area (Å²) in [5, 5.41) is 0. The summed E-state index contributed by atoms with van der Waals surface area (Å²) in [6.45, 7) is 7.54. The second-order valence-electron chi connectivity index (χ2n) is 6.33. The smallest absolute Gasteiger partial charge is 0.189 e. The molecule has 0 bridgehead atoms. The van der Waals surface area contributed by atoms with Crippen LogP contribution in [0.4, 0.5) is 5.69 Å². The summed E-state index contributed by atoms with van der Waals surface area (Å²) in [5.41, 5.74) is 9.10. The van der Waals surface area contributed by atoms with Gasteiger partial charge in [-0.3, -0.25) is 4.90 Å². The third kappa shape index (κ3) is 3.07. The number of benzene rings is 1. The number of nitrogens with zero attached hydrogens (tertiary/aromatic N) is 1. The molecule has 1 heterocycles. The van der Waals surface area contributed by atoms with Crippen LogP contribution < -0.4 is 10.5 Å². The van der Waals surface area contributed by atoms with Crippen molar-refractivity contribution >= 4 is 5.69 Å². The predicted molar refractivity (Wildman–Crippen MR) is 79.4 cm³/mol. The molecule has 0 atom stereocenters. The van der Waals surface area contributed by atoms with E-state index in [9.17, 15) is 0 Å². The number of nitrogen functional groups attached to an aromatic ring is 1. The first kappa shape index (κ1) is 13.7. The van der Waals surface area contributed by atoms with Crippen molar-refractivity contribution in [1.82, 2.24) is 4.90 Å². The first-order chi connectivity index (χ1) is 9.63. The van der Waals surface area contributed by atoms with Crippen LogP contribution in [0.5, 0.6) is 5.75 Å². The zero-order valence-corrected chi connectivity index (χ0v) is 12.4. The first-order valence-electron chi connectivity index (χ1n) is 7.49. The fraction of sp³-hybridized carbons (Fsp3) is 0.625. The Kier molecular flexibility index (Phi) is 3.85. The van der Waals surface area contributed by atoms with E-state index in [1.807, 2.05) is 6.07 Å². The lowest BCUT2D eigenvalue weighted by Gasteiger charge is -2.27. The van der Waals surface area contributed by atoms with Gasteiger partial charge in [0.2, 0.25) is 0 Å². The molecule has 4 heteroatoms. The highest BCUT2D eigenvalue weighted by atomic mass is 16.7. The zero-order valence-electron chi connectivity index (χ0n) is 12.4. The molecule has 0 spiro atoms. The highest BCUT2D eigenvalue weighted by Gasteiger charge is 2.30. The maximum Gasteiger partial charge on any atom is 0.189 e. The Balaban J connectivity index is 1.83. The van der Waals surface area contributed by atoms with E-state index in [2.05, 4.69) is 24.8 Å². The van der Waals surface area contributed by atoms with Gasteiger partial charge in [-0.2, -0.15) is 0 Å². The standard InChI is InChI=1S/C16H24N2O2/c1-11(2)7-18(15-3-4-15)8-12-5-14(17)6-13-9-19-10-20-16(12)13/h5-6,11,15H,3-4,7-10,17H2,1-2H3. The molecule has 110 valence electrons. The maximum atomic E-state index is 6.02. The van der Waals surface area contributed by atoms with E-state index in [1.165, 1.54) is 18.4 Å². The predicted octanol–water partition coefficient (Wildman–Crippen LogP) is 2.76. The number of ether oxygens (including phenoxy) is 2. The minimum absolute atomic E-state index is 0.345. The van der Waals surface area contributed by atoms with Crippen molar-refractivity contribution in [2.45, 2.75) is 45.9 Å². The van der Waals surface area contributed by atoms with Crippen molar-refractivity contribution in [2.75, 3.05) is 19.1 Å². The molecule has 1 fully saturated rings. The van der Waals surface area contributed by atoms with Crippen LogP contribution in [-0.4, -0.2) is 24.3 Å². The largest absolute Gasteiger partial charge is 0.467 e. The molecule has 1 aliphatic heterocycles. The van der Waals surface area contributed by atoms with Crippen LogP contribution >= 0.6 is 0 Å². The molecular formula is C16H24N2O2. The van der Waals surface area contributed by atoms with Gasteiger partial charge in [0.1, 0.15) is 5.75 Å². The maximum absolute atomic E-state index is 6.02. The number of nitrogens with two attached hydrogens (primary N) is 1. The summed E-state index contributed by atoms with van der Waals surface area (Å²) >= 11 is 0. The van der Waals surface area contributed by atoms with Crippen LogP contribution in [0.15, 0.2) is 12.1 Å². The molecule has 3 rings (SSSR count). The summed E-state index contributed by atoms with van der Waals surface area (Å²) in [4.78, 5) is 2.57. The number of hydrogen-bond acceptors (Lipinski definition) is 4. The van der Waals surface area contributed by atoms with E-state index >= 15 is 0 Å². The summed E-state index contributed by atoms with van der Waals surface area (Å²) < 4.78 is 11.1. The van der Waals surface area contributed by atoms with Gasteiger partial charge in [-0.25, -0.2) is 0 Å². The molecule has 20 heavy (non-hydrogen) atoms. The van der Waals surface area contributed by atoms with Crippen LogP contribution in [-0.2, 0) is 17.9 Å². The van der Waals surface area contributed by atoms with Gasteiger partial charge in [0.05, 0.1) is 6.61 Å². The Labute approximate surface area is 120 Å². The zero-order chi connectivity index (χ0) is 14.1. The number of anilines is 1. The molecule has 0 radical (unpaired) electrons. The number of hydrogen-bond donors (Lipinski definition) is 1. The number of rotatable bonds is 5. The van der Waals surface area contributed by atoms with E-state index < -0.39 is 0 Å². The average molecular weight is 276 g/mol. The van der Waals surface area contributed by atoms with Crippen molar-refractivity contribution < 1.29 is 9.47 Å². The van der Waals surface area contributed by atoms with Crippen LogP contribution in [0, 0.1) is 5.92 Å². The van der Waals surface area contributed by atoms with Crippen LogP contribution in [0.25, 0.3) is 0 Å². The molecule has 1 saturated carbocycles. The van der Waals surface area contributed by atoms with E-state index in [1.54, 1.807) is 0 Å². The fourth-order valence-corrected chi connectivity index (χ4v) is 2.91. The fourth-order valence-electron chi connectivity index (χ4n) is 2.91. The van der Waals surface area contributed by atoms with E-state index in [4.69, 9.17) is 15.2 Å². The lowest BCUT2D eigenvalue weighted by Crippen LogP contribution is -2.30. The average Bonchev–Trinajstić information content (AvgIpc) is 3.21. The molecule has 0 amide bonds. The molecule has 2 aliphatic rings. The minimum Gasteiger partial charge on any atom is -0.467 e. The van der Waals surface area contributed by atoms with Gasteiger partial charge in [0.25, 0.3) is 0 Å². The summed E-state index contributed by atoms with van der Waals surface area (Å²) in [6.07, 6.45) is 2.64. The van der Waals surface area contributed by atoms with E-state index in [0.29, 0.717) is 19.3 Å². The van der Waals surface area contributed by atoms with Gasteiger partial charge in [0, 0.05) is 35.9 Å². The van der Waals surface area contributed by atoms with Crippen LogP contribution in [0.2, 0.25) is 0 Å². The second-order valence-corrected chi connectivity index (χ2v) is 6.33. The highest BCUT2D eigenvalue weighted by Crippen LogP contribution is 2.35. The minimum atomic E-state index is 0.345. The van der Waals surface area contributed by atoms with Crippen molar-refractivity contribution in [3.63, 3.8) is 0 Å². The summed E-state index contributed by atoms with van der Waals surface area (Å²) in [7, 11) is 0. The van der Waals surface area contributed by atoms with E-state index in [-0.39, 0.29) is 0 Å². The van der Waals surface area contributed by atoms with Crippen LogP contribution in [0.3, 0.4) is 0 Å². The van der Waals surface area contributed by atoms with Crippen molar-refractivity contribution in [1.29, 1.82) is 0 Å². The molecule has 0 saturated heterocycles. The highest BCUT2D eigenvalue weighted by molar-refractivity contribution is 5.53. The van der Waals surface area contributed by atoms with Crippen molar-refractivity contribution in [3.8, 4) is 5.75 Å². The lowest BCUT2D eigenvalue weighted by molar-refractivity contribution is -0.0175. The van der Waals surface area contributed by atoms with Crippen molar-refractivity contribution in [3.05, 3.63) is 23.3 Å². The Bertz CT molecular complexity index is 484. The Morgan fingerprint density at radius 3 is 2.85 bits per heavy atom. The van der Waals surface area contributed by atoms with Crippen molar-refractivity contribution in [2.24, 2.45) is 5.92 Å². The third-order valence-corrected chi connectivity index (χ3v) is 3.85. The molecule has 1 aliphatic carbocycles. The Hall–Kier alpha value is -1.26. The molecule has 2 N–H and O–H groups in total. The van der Waals surface area contributed by atoms with Gasteiger partial charge in [-0.05, 0) is 30.9 Å². The lowest BCUT2D eigenvalue weighted by atomic mass is 10.1. The Morgan fingerprint density at radius 1 is 1.35 bits per heavy atom.